The van der Waals surface area contributed by atoms with E-state index in [9.17, 15) is 9.00 Å². The van der Waals surface area contributed by atoms with Gasteiger partial charge in [0.2, 0.25) is 5.91 Å². The molecule has 5 heteroatoms. The molecule has 0 fully saturated rings. The molecule has 0 heterocycles. The second-order valence-electron chi connectivity index (χ2n) is 3.40. The van der Waals surface area contributed by atoms with Crippen molar-refractivity contribution >= 4 is 16.7 Å². The van der Waals surface area contributed by atoms with Gasteiger partial charge in [0.15, 0.2) is 0 Å². The Morgan fingerprint density at radius 2 is 2.21 bits per heavy atom. The molecule has 2 unspecified atom stereocenters. The van der Waals surface area contributed by atoms with Gasteiger partial charge in [-0.1, -0.05) is 20.3 Å². The Bertz CT molecular complexity index is 197. The van der Waals surface area contributed by atoms with Crippen molar-refractivity contribution in [3.63, 3.8) is 0 Å². The lowest BCUT2D eigenvalue weighted by Crippen LogP contribution is -2.33. The average molecular weight is 220 g/mol. The first-order valence-corrected chi connectivity index (χ1v) is 6.40. The molecule has 4 nitrogen and oxygen atoms in total. The first-order valence-electron chi connectivity index (χ1n) is 4.91. The standard InChI is InChI=1S/C9H20N2O2S/c1-3-8(2)6-14(13)7-9(12)11-5-4-10/h8H,3-7,10H2,1-2H3,(H,11,12). The summed E-state index contributed by atoms with van der Waals surface area (Å²) < 4.78 is 11.4. The molecule has 0 saturated carbocycles. The molecular formula is C9H20N2O2S. The largest absolute Gasteiger partial charge is 0.354 e. The van der Waals surface area contributed by atoms with Gasteiger partial charge in [0, 0.05) is 29.6 Å². The predicted octanol–water partition coefficient (Wildman–Crippen LogP) is -0.144. The molecule has 0 aromatic heterocycles. The fourth-order valence-electron chi connectivity index (χ4n) is 0.903. The van der Waals surface area contributed by atoms with Crippen molar-refractivity contribution in [1.82, 2.24) is 5.32 Å². The molecule has 14 heavy (non-hydrogen) atoms. The molecule has 0 aliphatic rings. The molecule has 3 N–H and O–H groups in total. The number of rotatable bonds is 7. The highest BCUT2D eigenvalue weighted by Gasteiger charge is 2.10. The molecule has 2 atom stereocenters. The Hall–Kier alpha value is -0.420. The topological polar surface area (TPSA) is 72.2 Å². The van der Waals surface area contributed by atoms with Crippen LogP contribution in [0.25, 0.3) is 0 Å². The average Bonchev–Trinajstić information content (AvgIpc) is 2.14. The van der Waals surface area contributed by atoms with Gasteiger partial charge in [0.25, 0.3) is 0 Å². The molecule has 84 valence electrons. The van der Waals surface area contributed by atoms with E-state index in [1.54, 1.807) is 0 Å². The molecule has 0 aliphatic heterocycles. The zero-order valence-corrected chi connectivity index (χ0v) is 9.73. The third-order valence-electron chi connectivity index (χ3n) is 1.93. The minimum absolute atomic E-state index is 0.102. The van der Waals surface area contributed by atoms with Gasteiger partial charge in [-0.25, -0.2) is 0 Å². The van der Waals surface area contributed by atoms with Crippen molar-refractivity contribution in [2.24, 2.45) is 11.7 Å². The van der Waals surface area contributed by atoms with E-state index < -0.39 is 10.8 Å². The van der Waals surface area contributed by atoms with Gasteiger partial charge in [-0.15, -0.1) is 0 Å². The summed E-state index contributed by atoms with van der Waals surface area (Å²) in [4.78, 5) is 11.1. The van der Waals surface area contributed by atoms with Crippen LogP contribution in [0.3, 0.4) is 0 Å². The van der Waals surface area contributed by atoms with Crippen molar-refractivity contribution < 1.29 is 9.00 Å². The van der Waals surface area contributed by atoms with Crippen molar-refractivity contribution in [3.05, 3.63) is 0 Å². The number of nitrogens with one attached hydrogen (secondary N) is 1. The quantitative estimate of drug-likeness (QED) is 0.627. The second-order valence-corrected chi connectivity index (χ2v) is 4.90. The van der Waals surface area contributed by atoms with Crippen LogP contribution < -0.4 is 11.1 Å². The molecule has 0 aliphatic carbocycles. The SMILES string of the molecule is CCC(C)CS(=O)CC(=O)NCCN. The Balaban J connectivity index is 3.66. The maximum Gasteiger partial charge on any atom is 0.232 e. The van der Waals surface area contributed by atoms with Gasteiger partial charge in [-0.3, -0.25) is 9.00 Å². The van der Waals surface area contributed by atoms with E-state index in [0.29, 0.717) is 24.8 Å². The summed E-state index contributed by atoms with van der Waals surface area (Å²) in [6.07, 6.45) is 0.996. The lowest BCUT2D eigenvalue weighted by atomic mass is 10.2. The van der Waals surface area contributed by atoms with E-state index in [1.165, 1.54) is 0 Å². The number of hydrogen-bond donors (Lipinski definition) is 2. The van der Waals surface area contributed by atoms with Gasteiger partial charge in [0.05, 0.1) is 0 Å². The highest BCUT2D eigenvalue weighted by atomic mass is 32.2. The van der Waals surface area contributed by atoms with Crippen molar-refractivity contribution in [1.29, 1.82) is 0 Å². The molecular weight excluding hydrogens is 200 g/mol. The molecule has 0 saturated heterocycles. The lowest BCUT2D eigenvalue weighted by Gasteiger charge is -2.07. The van der Waals surface area contributed by atoms with Crippen LogP contribution in [0, 0.1) is 5.92 Å². The van der Waals surface area contributed by atoms with Gasteiger partial charge < -0.3 is 11.1 Å². The smallest absolute Gasteiger partial charge is 0.232 e. The fourth-order valence-corrected chi connectivity index (χ4v) is 2.29. The zero-order valence-electron chi connectivity index (χ0n) is 8.91. The number of carbonyl (C=O) groups excluding carboxylic acids is 1. The third kappa shape index (κ3) is 7.03. The Morgan fingerprint density at radius 1 is 1.57 bits per heavy atom. The second kappa shape index (κ2) is 7.94. The van der Waals surface area contributed by atoms with Crippen LogP contribution in [-0.4, -0.2) is 34.7 Å². The lowest BCUT2D eigenvalue weighted by molar-refractivity contribution is -0.118. The highest BCUT2D eigenvalue weighted by Crippen LogP contribution is 2.02. The highest BCUT2D eigenvalue weighted by molar-refractivity contribution is 7.85. The van der Waals surface area contributed by atoms with E-state index >= 15 is 0 Å². The Morgan fingerprint density at radius 3 is 2.71 bits per heavy atom. The van der Waals surface area contributed by atoms with Crippen LogP contribution in [0.15, 0.2) is 0 Å². The summed E-state index contributed by atoms with van der Waals surface area (Å²) in [6.45, 7) is 4.97. The van der Waals surface area contributed by atoms with Crippen LogP contribution in [-0.2, 0) is 15.6 Å². The number of amides is 1. The van der Waals surface area contributed by atoms with E-state index in [0.717, 1.165) is 6.42 Å². The normalized spacial score (nSPS) is 14.8. The zero-order chi connectivity index (χ0) is 11.0. The molecule has 0 aromatic carbocycles. The minimum Gasteiger partial charge on any atom is -0.354 e. The van der Waals surface area contributed by atoms with E-state index in [2.05, 4.69) is 12.2 Å². The van der Waals surface area contributed by atoms with Crippen LogP contribution in [0.2, 0.25) is 0 Å². The summed E-state index contributed by atoms with van der Waals surface area (Å²) in [5, 5.41) is 2.60. The first-order chi connectivity index (χ1) is 6.60. The van der Waals surface area contributed by atoms with Crippen molar-refractivity contribution in [2.45, 2.75) is 20.3 Å². The maximum absolute atomic E-state index is 11.4. The van der Waals surface area contributed by atoms with Gasteiger partial charge in [-0.2, -0.15) is 0 Å². The van der Waals surface area contributed by atoms with Gasteiger partial charge in [-0.05, 0) is 5.92 Å². The molecule has 0 aromatic rings. The number of carbonyl (C=O) groups is 1. The van der Waals surface area contributed by atoms with Crippen LogP contribution in [0.4, 0.5) is 0 Å². The fraction of sp³-hybridized carbons (Fsp3) is 0.889. The van der Waals surface area contributed by atoms with Crippen molar-refractivity contribution in [2.75, 3.05) is 24.6 Å². The molecule has 1 amide bonds. The summed E-state index contributed by atoms with van der Waals surface area (Å²) in [5.74, 6) is 0.951. The predicted molar refractivity (Wildman–Crippen MR) is 59.4 cm³/mol. The number of hydrogen-bond acceptors (Lipinski definition) is 3. The molecule has 0 spiro atoms. The Labute approximate surface area is 88.1 Å². The molecule has 0 radical (unpaired) electrons. The number of nitrogens with two attached hydrogens (primary N) is 1. The minimum atomic E-state index is -1.04. The Kier molecular flexibility index (Phi) is 7.70. The van der Waals surface area contributed by atoms with E-state index in [-0.39, 0.29) is 11.7 Å². The van der Waals surface area contributed by atoms with Gasteiger partial charge >= 0.3 is 0 Å². The van der Waals surface area contributed by atoms with E-state index in [4.69, 9.17) is 5.73 Å². The summed E-state index contributed by atoms with van der Waals surface area (Å²) in [7, 11) is -1.04. The van der Waals surface area contributed by atoms with Crippen molar-refractivity contribution in [3.8, 4) is 0 Å². The monoisotopic (exact) mass is 220 g/mol. The van der Waals surface area contributed by atoms with Crippen LogP contribution in [0.5, 0.6) is 0 Å². The summed E-state index contributed by atoms with van der Waals surface area (Å²) in [5.41, 5.74) is 5.22. The van der Waals surface area contributed by atoms with Crippen LogP contribution in [0.1, 0.15) is 20.3 Å². The third-order valence-corrected chi connectivity index (χ3v) is 3.45. The summed E-state index contributed by atoms with van der Waals surface area (Å²) in [6, 6.07) is 0. The van der Waals surface area contributed by atoms with E-state index in [1.807, 2.05) is 6.92 Å². The van der Waals surface area contributed by atoms with Gasteiger partial charge in [0.1, 0.15) is 5.75 Å². The molecule has 0 bridgehead atoms. The van der Waals surface area contributed by atoms with Crippen LogP contribution >= 0.6 is 0 Å². The molecule has 0 rings (SSSR count). The maximum atomic E-state index is 11.4. The first kappa shape index (κ1) is 13.6. The summed E-state index contributed by atoms with van der Waals surface area (Å²) >= 11 is 0.